The van der Waals surface area contributed by atoms with Gasteiger partial charge in [0, 0.05) is 37.6 Å². The number of halogens is 1. The molecule has 0 aromatic carbocycles. The molecule has 0 N–H and O–H groups in total. The van der Waals surface area contributed by atoms with Gasteiger partial charge >= 0.3 is 0 Å². The van der Waals surface area contributed by atoms with Crippen molar-refractivity contribution in [3.8, 4) is 0 Å². The van der Waals surface area contributed by atoms with E-state index in [0.717, 1.165) is 6.04 Å². The Hall–Kier alpha value is 0.400. The van der Waals surface area contributed by atoms with Gasteiger partial charge in [0.15, 0.2) is 0 Å². The van der Waals surface area contributed by atoms with Crippen LogP contribution in [0.15, 0.2) is 0 Å². The lowest BCUT2D eigenvalue weighted by atomic mass is 9.81. The number of hydrogen-bond donors (Lipinski definition) is 0. The lowest BCUT2D eigenvalue weighted by molar-refractivity contribution is 0.0662. The van der Waals surface area contributed by atoms with E-state index in [-0.39, 0.29) is 0 Å². The highest BCUT2D eigenvalue weighted by atomic mass is 79.9. The van der Waals surface area contributed by atoms with Crippen LogP contribution in [0.25, 0.3) is 0 Å². The lowest BCUT2D eigenvalue weighted by Crippen LogP contribution is -2.53. The predicted molar refractivity (Wildman–Crippen MR) is 82.5 cm³/mol. The highest BCUT2D eigenvalue weighted by Crippen LogP contribution is 2.37. The predicted octanol–water partition coefficient (Wildman–Crippen LogP) is 3.36. The molecule has 2 aliphatic rings. The van der Waals surface area contributed by atoms with Crippen LogP contribution in [0.1, 0.15) is 45.4 Å². The Kier molecular flexibility index (Phi) is 5.52. The Bertz CT molecular complexity index is 249. The van der Waals surface area contributed by atoms with Gasteiger partial charge in [-0.15, -0.1) is 0 Å². The molecule has 0 bridgehead atoms. The molecule has 0 amide bonds. The molecule has 1 atom stereocenters. The van der Waals surface area contributed by atoms with Gasteiger partial charge < -0.3 is 4.90 Å². The SMILES string of the molecule is CC1CN(CC2(CBr)CCCCCC2)CCN1C. The zero-order valence-electron chi connectivity index (χ0n) is 12.1. The number of hydrogen-bond acceptors (Lipinski definition) is 2. The van der Waals surface area contributed by atoms with E-state index in [1.54, 1.807) is 0 Å². The Morgan fingerprint density at radius 2 is 1.78 bits per heavy atom. The summed E-state index contributed by atoms with van der Waals surface area (Å²) in [4.78, 5) is 5.21. The first kappa shape index (κ1) is 14.8. The van der Waals surface area contributed by atoms with Crippen LogP contribution in [-0.2, 0) is 0 Å². The standard InChI is InChI=1S/C15H29BrN2/c1-14-11-18(10-9-17(14)2)13-15(12-16)7-5-3-4-6-8-15/h14H,3-13H2,1-2H3. The first-order valence-corrected chi connectivity index (χ1v) is 8.76. The molecule has 0 aromatic rings. The minimum Gasteiger partial charge on any atom is -0.301 e. The summed E-state index contributed by atoms with van der Waals surface area (Å²) in [6.07, 6.45) is 8.64. The van der Waals surface area contributed by atoms with Gasteiger partial charge in [0.2, 0.25) is 0 Å². The summed E-state index contributed by atoms with van der Waals surface area (Å²) < 4.78 is 0. The molecule has 1 saturated carbocycles. The number of likely N-dealkylation sites (N-methyl/N-ethyl adjacent to an activating group) is 1. The van der Waals surface area contributed by atoms with Gasteiger partial charge in [-0.3, -0.25) is 4.90 Å². The van der Waals surface area contributed by atoms with Crippen LogP contribution in [0.3, 0.4) is 0 Å². The van der Waals surface area contributed by atoms with Crippen LogP contribution < -0.4 is 0 Å². The fourth-order valence-electron chi connectivity index (χ4n) is 3.55. The van der Waals surface area contributed by atoms with Crippen LogP contribution >= 0.6 is 15.9 Å². The number of nitrogens with zero attached hydrogens (tertiary/aromatic N) is 2. The number of alkyl halides is 1. The maximum absolute atomic E-state index is 3.82. The van der Waals surface area contributed by atoms with E-state index in [2.05, 4.69) is 39.7 Å². The van der Waals surface area contributed by atoms with Crippen molar-refractivity contribution in [2.75, 3.05) is 38.6 Å². The molecule has 0 aromatic heterocycles. The average Bonchev–Trinajstić information content (AvgIpc) is 2.60. The van der Waals surface area contributed by atoms with Gasteiger partial charge in [-0.1, -0.05) is 41.6 Å². The van der Waals surface area contributed by atoms with Crippen molar-refractivity contribution in [2.24, 2.45) is 5.41 Å². The van der Waals surface area contributed by atoms with Crippen molar-refractivity contribution in [3.63, 3.8) is 0 Å². The normalized spacial score (nSPS) is 31.2. The second-order valence-corrected chi connectivity index (χ2v) is 7.17. The molecule has 0 radical (unpaired) electrons. The van der Waals surface area contributed by atoms with Crippen molar-refractivity contribution < 1.29 is 0 Å². The first-order chi connectivity index (χ1) is 8.65. The minimum atomic E-state index is 0.562. The topological polar surface area (TPSA) is 6.48 Å². The second kappa shape index (κ2) is 6.71. The van der Waals surface area contributed by atoms with Gasteiger partial charge in [0.05, 0.1) is 0 Å². The minimum absolute atomic E-state index is 0.562. The zero-order valence-corrected chi connectivity index (χ0v) is 13.7. The average molecular weight is 317 g/mol. The lowest BCUT2D eigenvalue weighted by Gasteiger charge is -2.43. The zero-order chi connectivity index (χ0) is 13.0. The van der Waals surface area contributed by atoms with Crippen molar-refractivity contribution in [1.82, 2.24) is 9.80 Å². The van der Waals surface area contributed by atoms with Crippen LogP contribution in [0, 0.1) is 5.41 Å². The third-order valence-electron chi connectivity index (χ3n) is 5.05. The van der Waals surface area contributed by atoms with Crippen molar-refractivity contribution >= 4 is 15.9 Å². The summed E-state index contributed by atoms with van der Waals surface area (Å²) in [7, 11) is 2.26. The van der Waals surface area contributed by atoms with Crippen LogP contribution in [0.4, 0.5) is 0 Å². The summed E-state index contributed by atoms with van der Waals surface area (Å²) in [6, 6.07) is 0.719. The molecular weight excluding hydrogens is 288 g/mol. The highest BCUT2D eigenvalue weighted by molar-refractivity contribution is 9.09. The van der Waals surface area contributed by atoms with Crippen LogP contribution in [0.2, 0.25) is 0 Å². The molecule has 18 heavy (non-hydrogen) atoms. The van der Waals surface area contributed by atoms with E-state index in [1.165, 1.54) is 70.0 Å². The molecule has 2 nitrogen and oxygen atoms in total. The quantitative estimate of drug-likeness (QED) is 0.582. The molecule has 2 fully saturated rings. The molecule has 1 aliphatic carbocycles. The summed E-state index contributed by atoms with van der Waals surface area (Å²) in [6.45, 7) is 7.43. The van der Waals surface area contributed by atoms with Gasteiger partial charge in [-0.05, 0) is 32.2 Å². The van der Waals surface area contributed by atoms with Crippen molar-refractivity contribution in [2.45, 2.75) is 51.5 Å². The Balaban J connectivity index is 1.92. The third-order valence-corrected chi connectivity index (χ3v) is 6.24. The maximum Gasteiger partial charge on any atom is 0.0192 e. The number of piperazine rings is 1. The van der Waals surface area contributed by atoms with E-state index in [9.17, 15) is 0 Å². The highest BCUT2D eigenvalue weighted by Gasteiger charge is 2.33. The van der Waals surface area contributed by atoms with Crippen molar-refractivity contribution in [1.29, 1.82) is 0 Å². The number of rotatable bonds is 3. The third kappa shape index (κ3) is 3.71. The second-order valence-electron chi connectivity index (χ2n) is 6.61. The monoisotopic (exact) mass is 316 g/mol. The summed E-state index contributed by atoms with van der Waals surface area (Å²) >= 11 is 3.82. The summed E-state index contributed by atoms with van der Waals surface area (Å²) in [5.41, 5.74) is 0.562. The molecule has 2 rings (SSSR count). The van der Waals surface area contributed by atoms with Gasteiger partial charge in [-0.25, -0.2) is 0 Å². The molecule has 1 saturated heterocycles. The molecule has 106 valence electrons. The Labute approximate surface area is 121 Å². The van der Waals surface area contributed by atoms with Crippen LogP contribution in [-0.4, -0.2) is 54.4 Å². The molecule has 1 unspecified atom stereocenters. The Morgan fingerprint density at radius 1 is 1.11 bits per heavy atom. The van der Waals surface area contributed by atoms with Gasteiger partial charge in [-0.2, -0.15) is 0 Å². The summed E-state index contributed by atoms with van der Waals surface area (Å²) in [5.74, 6) is 0. The van der Waals surface area contributed by atoms with Crippen molar-refractivity contribution in [3.05, 3.63) is 0 Å². The smallest absolute Gasteiger partial charge is 0.0192 e. The maximum atomic E-state index is 3.82. The molecule has 0 spiro atoms. The molecule has 3 heteroatoms. The van der Waals surface area contributed by atoms with E-state index >= 15 is 0 Å². The fourth-order valence-corrected chi connectivity index (χ4v) is 4.29. The Morgan fingerprint density at radius 3 is 2.33 bits per heavy atom. The first-order valence-electron chi connectivity index (χ1n) is 7.64. The fraction of sp³-hybridized carbons (Fsp3) is 1.00. The van der Waals surface area contributed by atoms with Gasteiger partial charge in [0.25, 0.3) is 0 Å². The summed E-state index contributed by atoms with van der Waals surface area (Å²) in [5, 5.41) is 1.20. The largest absolute Gasteiger partial charge is 0.301 e. The molecular formula is C15H29BrN2. The molecule has 1 aliphatic heterocycles. The molecule has 1 heterocycles. The van der Waals surface area contributed by atoms with E-state index in [0.29, 0.717) is 5.41 Å². The van der Waals surface area contributed by atoms with E-state index in [1.807, 2.05) is 0 Å². The van der Waals surface area contributed by atoms with E-state index in [4.69, 9.17) is 0 Å². The van der Waals surface area contributed by atoms with Gasteiger partial charge in [0.1, 0.15) is 0 Å². The van der Waals surface area contributed by atoms with Crippen LogP contribution in [0.5, 0.6) is 0 Å². The van der Waals surface area contributed by atoms with E-state index < -0.39 is 0 Å².